The maximum absolute atomic E-state index is 12.2. The van der Waals surface area contributed by atoms with E-state index in [2.05, 4.69) is 5.32 Å². The average molecular weight is 278 g/mol. The fourth-order valence-corrected chi connectivity index (χ4v) is 2.52. The van der Waals surface area contributed by atoms with E-state index in [4.69, 9.17) is 4.74 Å². The summed E-state index contributed by atoms with van der Waals surface area (Å²) in [5, 5.41) is 12.4. The third kappa shape index (κ3) is 3.11. The van der Waals surface area contributed by atoms with Crippen LogP contribution in [0.1, 0.15) is 18.1 Å². The van der Waals surface area contributed by atoms with E-state index in [0.29, 0.717) is 26.3 Å². The van der Waals surface area contributed by atoms with Crippen LogP contribution in [-0.4, -0.2) is 43.4 Å². The van der Waals surface area contributed by atoms with Gasteiger partial charge >= 0.3 is 0 Å². The number of amides is 1. The quantitative estimate of drug-likeness (QED) is 0.856. The Morgan fingerprint density at radius 1 is 1.55 bits per heavy atom. The van der Waals surface area contributed by atoms with Crippen molar-refractivity contribution in [1.82, 2.24) is 5.32 Å². The summed E-state index contributed by atoms with van der Waals surface area (Å²) in [6.07, 6.45) is 0. The van der Waals surface area contributed by atoms with Crippen molar-refractivity contribution in [3.63, 3.8) is 0 Å². The molecule has 1 aliphatic rings. The van der Waals surface area contributed by atoms with Gasteiger partial charge in [-0.05, 0) is 19.9 Å². The third-order valence-electron chi connectivity index (χ3n) is 3.50. The number of aliphatic hydroxyl groups excluding tert-OH is 1. The molecule has 0 aliphatic carbocycles. The molecule has 5 heteroatoms. The second-order valence-corrected chi connectivity index (χ2v) is 4.97. The van der Waals surface area contributed by atoms with Crippen molar-refractivity contribution in [2.45, 2.75) is 26.5 Å². The number of rotatable bonds is 4. The van der Waals surface area contributed by atoms with E-state index in [1.165, 1.54) is 0 Å². The highest BCUT2D eigenvalue weighted by molar-refractivity contribution is 5.86. The molecule has 1 fully saturated rings. The number of carbonyl (C=O) groups excluding carboxylic acids is 1. The molecule has 0 bridgehead atoms. The maximum atomic E-state index is 12.2. The van der Waals surface area contributed by atoms with E-state index in [0.717, 1.165) is 16.8 Å². The Morgan fingerprint density at radius 2 is 2.35 bits per heavy atom. The van der Waals surface area contributed by atoms with Gasteiger partial charge in [0, 0.05) is 24.3 Å². The lowest BCUT2D eigenvalue weighted by molar-refractivity contribution is -0.124. The van der Waals surface area contributed by atoms with E-state index in [9.17, 15) is 9.90 Å². The summed E-state index contributed by atoms with van der Waals surface area (Å²) in [4.78, 5) is 14.2. The first-order valence-electron chi connectivity index (χ1n) is 6.99. The van der Waals surface area contributed by atoms with Crippen molar-refractivity contribution < 1.29 is 14.6 Å². The van der Waals surface area contributed by atoms with Crippen LogP contribution in [0.15, 0.2) is 18.2 Å². The molecule has 2 rings (SSSR count). The predicted octanol–water partition coefficient (Wildman–Crippen LogP) is 0.829. The van der Waals surface area contributed by atoms with Gasteiger partial charge in [0.15, 0.2) is 0 Å². The Morgan fingerprint density at radius 3 is 3.05 bits per heavy atom. The molecule has 2 N–H and O–H groups in total. The van der Waals surface area contributed by atoms with Crippen molar-refractivity contribution in [3.8, 4) is 0 Å². The zero-order valence-electron chi connectivity index (χ0n) is 12.1. The van der Waals surface area contributed by atoms with Crippen LogP contribution in [0, 0.1) is 6.92 Å². The van der Waals surface area contributed by atoms with Crippen molar-refractivity contribution in [2.75, 3.05) is 31.2 Å². The Bertz CT molecular complexity index is 476. The minimum absolute atomic E-state index is 0.0309. The average Bonchev–Trinajstić information content (AvgIpc) is 2.47. The molecule has 1 saturated heterocycles. The highest BCUT2D eigenvalue weighted by atomic mass is 16.5. The number of benzene rings is 1. The van der Waals surface area contributed by atoms with Gasteiger partial charge in [0.1, 0.15) is 6.04 Å². The predicted molar refractivity (Wildman–Crippen MR) is 77.7 cm³/mol. The Kier molecular flexibility index (Phi) is 4.98. The number of aliphatic hydroxyl groups is 1. The largest absolute Gasteiger partial charge is 0.392 e. The second kappa shape index (κ2) is 6.72. The van der Waals surface area contributed by atoms with Gasteiger partial charge in [-0.15, -0.1) is 0 Å². The van der Waals surface area contributed by atoms with Gasteiger partial charge in [0.25, 0.3) is 0 Å². The van der Waals surface area contributed by atoms with E-state index >= 15 is 0 Å². The molecule has 1 aromatic rings. The lowest BCUT2D eigenvalue weighted by Gasteiger charge is -2.37. The molecule has 1 atom stereocenters. The molecule has 1 heterocycles. The Balaban J connectivity index is 2.30. The summed E-state index contributed by atoms with van der Waals surface area (Å²) in [5.74, 6) is -0.0309. The highest BCUT2D eigenvalue weighted by Gasteiger charge is 2.30. The number of carbonyl (C=O) groups is 1. The van der Waals surface area contributed by atoms with Crippen molar-refractivity contribution in [1.29, 1.82) is 0 Å². The molecule has 1 amide bonds. The first-order chi connectivity index (χ1) is 9.67. The van der Waals surface area contributed by atoms with Crippen LogP contribution in [-0.2, 0) is 16.1 Å². The number of hydrogen-bond donors (Lipinski definition) is 2. The molecule has 1 aliphatic heterocycles. The molecule has 20 heavy (non-hydrogen) atoms. The SMILES string of the molecule is CCNC(=O)C1COCCN1c1ccc(C)cc1CO. The number of nitrogens with zero attached hydrogens (tertiary/aromatic N) is 1. The summed E-state index contributed by atoms with van der Waals surface area (Å²) in [7, 11) is 0. The first kappa shape index (κ1) is 14.8. The lowest BCUT2D eigenvalue weighted by atomic mass is 10.1. The highest BCUT2D eigenvalue weighted by Crippen LogP contribution is 2.25. The number of morpholine rings is 1. The maximum Gasteiger partial charge on any atom is 0.245 e. The van der Waals surface area contributed by atoms with E-state index in [-0.39, 0.29) is 18.6 Å². The topological polar surface area (TPSA) is 61.8 Å². The molecule has 110 valence electrons. The smallest absolute Gasteiger partial charge is 0.245 e. The molecule has 0 saturated carbocycles. The number of aryl methyl sites for hydroxylation is 1. The fraction of sp³-hybridized carbons (Fsp3) is 0.533. The zero-order chi connectivity index (χ0) is 14.5. The number of nitrogens with one attached hydrogen (secondary N) is 1. The van der Waals surface area contributed by atoms with Crippen LogP contribution >= 0.6 is 0 Å². The number of hydrogen-bond acceptors (Lipinski definition) is 4. The Labute approximate surface area is 119 Å². The number of ether oxygens (including phenoxy) is 1. The molecule has 0 aromatic heterocycles. The van der Waals surface area contributed by atoms with Crippen LogP contribution in [0.3, 0.4) is 0 Å². The van der Waals surface area contributed by atoms with E-state index < -0.39 is 0 Å². The molecule has 0 radical (unpaired) electrons. The minimum Gasteiger partial charge on any atom is -0.392 e. The van der Waals surface area contributed by atoms with Gasteiger partial charge in [0.05, 0.1) is 19.8 Å². The Hall–Kier alpha value is -1.59. The van der Waals surface area contributed by atoms with Crippen LogP contribution in [0.5, 0.6) is 0 Å². The molecule has 5 nitrogen and oxygen atoms in total. The molecule has 1 aromatic carbocycles. The van der Waals surface area contributed by atoms with Crippen LogP contribution in [0.2, 0.25) is 0 Å². The molecular weight excluding hydrogens is 256 g/mol. The van der Waals surface area contributed by atoms with Gasteiger partial charge < -0.3 is 20.1 Å². The van der Waals surface area contributed by atoms with Crippen molar-refractivity contribution >= 4 is 11.6 Å². The second-order valence-electron chi connectivity index (χ2n) is 4.97. The molecular formula is C15H22N2O3. The number of anilines is 1. The molecule has 1 unspecified atom stereocenters. The normalized spacial score (nSPS) is 18.9. The standard InChI is InChI=1S/C15H22N2O3/c1-3-16-15(19)14-10-20-7-6-17(14)13-5-4-11(2)8-12(13)9-18/h4-5,8,14,18H,3,6-7,9-10H2,1-2H3,(H,16,19). The van der Waals surface area contributed by atoms with Crippen molar-refractivity contribution in [3.05, 3.63) is 29.3 Å². The first-order valence-corrected chi connectivity index (χ1v) is 6.99. The molecule has 0 spiro atoms. The minimum atomic E-state index is -0.336. The summed E-state index contributed by atoms with van der Waals surface area (Å²) in [5.41, 5.74) is 2.86. The van der Waals surface area contributed by atoms with Crippen LogP contribution < -0.4 is 10.2 Å². The van der Waals surface area contributed by atoms with Gasteiger partial charge in [0.2, 0.25) is 5.91 Å². The summed E-state index contributed by atoms with van der Waals surface area (Å²) in [6, 6.07) is 5.59. The van der Waals surface area contributed by atoms with Crippen molar-refractivity contribution in [2.24, 2.45) is 0 Å². The zero-order valence-corrected chi connectivity index (χ0v) is 12.1. The van der Waals surface area contributed by atoms with E-state index in [1.807, 2.05) is 36.9 Å². The third-order valence-corrected chi connectivity index (χ3v) is 3.50. The van der Waals surface area contributed by atoms with E-state index in [1.54, 1.807) is 0 Å². The summed E-state index contributed by atoms with van der Waals surface area (Å²) >= 11 is 0. The van der Waals surface area contributed by atoms with Crippen LogP contribution in [0.25, 0.3) is 0 Å². The number of likely N-dealkylation sites (N-methyl/N-ethyl adjacent to an activating group) is 1. The summed E-state index contributed by atoms with van der Waals surface area (Å²) < 4.78 is 5.43. The van der Waals surface area contributed by atoms with Gasteiger partial charge in [-0.25, -0.2) is 0 Å². The van der Waals surface area contributed by atoms with Gasteiger partial charge in [-0.3, -0.25) is 4.79 Å². The van der Waals surface area contributed by atoms with Crippen LogP contribution in [0.4, 0.5) is 5.69 Å². The van der Waals surface area contributed by atoms with Gasteiger partial charge in [-0.1, -0.05) is 17.7 Å². The fourth-order valence-electron chi connectivity index (χ4n) is 2.52. The monoisotopic (exact) mass is 278 g/mol. The summed E-state index contributed by atoms with van der Waals surface area (Å²) in [6.45, 7) is 6.08. The lowest BCUT2D eigenvalue weighted by Crippen LogP contribution is -2.54. The van der Waals surface area contributed by atoms with Gasteiger partial charge in [-0.2, -0.15) is 0 Å².